The summed E-state index contributed by atoms with van der Waals surface area (Å²) in [7, 11) is 3.76. The van der Waals surface area contributed by atoms with Crippen LogP contribution in [-0.4, -0.2) is 73.6 Å². The third-order valence-corrected chi connectivity index (χ3v) is 5.84. The molecule has 34 heavy (non-hydrogen) atoms. The fraction of sp³-hybridized carbons (Fsp3) is 0.360. The van der Waals surface area contributed by atoms with Gasteiger partial charge < -0.3 is 25.4 Å². The molecule has 0 saturated carbocycles. The van der Waals surface area contributed by atoms with E-state index in [-0.39, 0.29) is 12.5 Å². The van der Waals surface area contributed by atoms with Crippen LogP contribution in [0.5, 0.6) is 5.75 Å². The molecule has 2 heterocycles. The number of nitrogens with zero attached hydrogens (tertiary/aromatic N) is 4. The molecule has 0 radical (unpaired) electrons. The first-order chi connectivity index (χ1) is 16.5. The number of aromatic nitrogens is 2. The fourth-order valence-corrected chi connectivity index (χ4v) is 3.92. The molecule has 0 bridgehead atoms. The molecule has 180 valence electrons. The zero-order chi connectivity index (χ0) is 23.9. The Kier molecular flexibility index (Phi) is 7.66. The fourth-order valence-electron chi connectivity index (χ4n) is 3.92. The number of nitrogen functional groups attached to an aromatic ring is 1. The number of rotatable bonds is 9. The number of nitrogens with two attached hydrogens (primary N) is 1. The minimum absolute atomic E-state index is 0.115. The van der Waals surface area contributed by atoms with E-state index in [0.29, 0.717) is 18.0 Å². The maximum absolute atomic E-state index is 12.7. The topological polar surface area (TPSA) is 97.9 Å². The number of carbonyl (C=O) groups excluding carboxylic acids is 1. The van der Waals surface area contributed by atoms with Crippen molar-refractivity contribution >= 4 is 23.0 Å². The third-order valence-electron chi connectivity index (χ3n) is 5.84. The van der Waals surface area contributed by atoms with Gasteiger partial charge in [-0.05, 0) is 48.5 Å². The van der Waals surface area contributed by atoms with Gasteiger partial charge >= 0.3 is 0 Å². The van der Waals surface area contributed by atoms with Gasteiger partial charge in [0.05, 0.1) is 25.5 Å². The highest BCUT2D eigenvalue weighted by Gasteiger charge is 2.15. The SMILES string of the molecule is CN(CC(=O)Nc1ccc(OCCN2CCOCC2)c(-c2ccnn2C)c1)c1ccc(N)cc1. The van der Waals surface area contributed by atoms with Crippen LogP contribution in [0.25, 0.3) is 11.3 Å². The molecule has 1 saturated heterocycles. The Balaban J connectivity index is 1.43. The van der Waals surface area contributed by atoms with E-state index in [9.17, 15) is 4.79 Å². The highest BCUT2D eigenvalue weighted by Crippen LogP contribution is 2.32. The smallest absolute Gasteiger partial charge is 0.243 e. The van der Waals surface area contributed by atoms with Crippen LogP contribution in [0.3, 0.4) is 0 Å². The molecule has 0 unspecified atom stereocenters. The molecular formula is C25H32N6O3. The summed E-state index contributed by atoms with van der Waals surface area (Å²) >= 11 is 0. The number of amides is 1. The van der Waals surface area contributed by atoms with Crippen molar-refractivity contribution in [2.24, 2.45) is 7.05 Å². The molecule has 1 aromatic heterocycles. The Morgan fingerprint density at radius 2 is 1.94 bits per heavy atom. The van der Waals surface area contributed by atoms with Gasteiger partial charge in [-0.2, -0.15) is 5.10 Å². The average molecular weight is 465 g/mol. The van der Waals surface area contributed by atoms with Gasteiger partial charge in [0.2, 0.25) is 5.91 Å². The molecule has 1 fully saturated rings. The van der Waals surface area contributed by atoms with Gasteiger partial charge in [0.1, 0.15) is 12.4 Å². The van der Waals surface area contributed by atoms with E-state index in [2.05, 4.69) is 15.3 Å². The van der Waals surface area contributed by atoms with Crippen LogP contribution >= 0.6 is 0 Å². The Labute approximate surface area is 200 Å². The molecule has 1 aliphatic rings. The van der Waals surface area contributed by atoms with Gasteiger partial charge in [-0.1, -0.05) is 0 Å². The van der Waals surface area contributed by atoms with Crippen LogP contribution in [0.4, 0.5) is 17.1 Å². The predicted molar refractivity (Wildman–Crippen MR) is 134 cm³/mol. The number of aryl methyl sites for hydroxylation is 1. The maximum atomic E-state index is 12.7. The first-order valence-electron chi connectivity index (χ1n) is 11.4. The van der Waals surface area contributed by atoms with E-state index in [1.165, 1.54) is 0 Å². The Bertz CT molecular complexity index is 1090. The summed E-state index contributed by atoms with van der Waals surface area (Å²) in [6.07, 6.45) is 1.75. The van der Waals surface area contributed by atoms with Crippen molar-refractivity contribution in [3.63, 3.8) is 0 Å². The van der Waals surface area contributed by atoms with Crippen molar-refractivity contribution in [3.8, 4) is 17.0 Å². The lowest BCUT2D eigenvalue weighted by Gasteiger charge is -2.26. The van der Waals surface area contributed by atoms with Gasteiger partial charge in [-0.15, -0.1) is 0 Å². The van der Waals surface area contributed by atoms with Crippen molar-refractivity contribution in [2.45, 2.75) is 0 Å². The van der Waals surface area contributed by atoms with Gasteiger partial charge in [0, 0.05) is 62.6 Å². The van der Waals surface area contributed by atoms with Gasteiger partial charge in [-0.3, -0.25) is 14.4 Å². The monoisotopic (exact) mass is 464 g/mol. The highest BCUT2D eigenvalue weighted by atomic mass is 16.5. The quantitative estimate of drug-likeness (QED) is 0.470. The molecule has 0 atom stereocenters. The molecule has 1 aliphatic heterocycles. The molecular weight excluding hydrogens is 432 g/mol. The van der Waals surface area contributed by atoms with E-state index in [1.54, 1.807) is 10.9 Å². The lowest BCUT2D eigenvalue weighted by molar-refractivity contribution is -0.114. The third kappa shape index (κ3) is 6.06. The number of nitrogens with one attached hydrogen (secondary N) is 1. The summed E-state index contributed by atoms with van der Waals surface area (Å²) in [5, 5.41) is 7.29. The first-order valence-corrected chi connectivity index (χ1v) is 11.4. The van der Waals surface area contributed by atoms with Crippen molar-refractivity contribution in [3.05, 3.63) is 54.7 Å². The zero-order valence-corrected chi connectivity index (χ0v) is 19.7. The molecule has 0 aliphatic carbocycles. The summed E-state index contributed by atoms with van der Waals surface area (Å²) in [6, 6.07) is 15.1. The van der Waals surface area contributed by atoms with Crippen molar-refractivity contribution in [1.29, 1.82) is 0 Å². The number of morpholine rings is 1. The van der Waals surface area contributed by atoms with Gasteiger partial charge in [0.25, 0.3) is 0 Å². The largest absolute Gasteiger partial charge is 0.492 e. The molecule has 4 rings (SSSR count). The Morgan fingerprint density at radius 3 is 2.65 bits per heavy atom. The lowest BCUT2D eigenvalue weighted by atomic mass is 10.1. The summed E-state index contributed by atoms with van der Waals surface area (Å²) < 4.78 is 13.4. The van der Waals surface area contributed by atoms with E-state index in [1.807, 2.05) is 67.5 Å². The normalized spacial score (nSPS) is 14.1. The maximum Gasteiger partial charge on any atom is 0.243 e. The summed E-state index contributed by atoms with van der Waals surface area (Å²) in [4.78, 5) is 16.9. The molecule has 3 aromatic rings. The minimum atomic E-state index is -0.115. The van der Waals surface area contributed by atoms with Crippen LogP contribution < -0.4 is 20.7 Å². The number of carbonyl (C=O) groups is 1. The number of ether oxygens (including phenoxy) is 2. The molecule has 2 aromatic carbocycles. The minimum Gasteiger partial charge on any atom is -0.492 e. The van der Waals surface area contributed by atoms with E-state index in [4.69, 9.17) is 15.2 Å². The number of benzene rings is 2. The van der Waals surface area contributed by atoms with Crippen LogP contribution in [0.2, 0.25) is 0 Å². The number of hydrogen-bond donors (Lipinski definition) is 2. The second-order valence-electron chi connectivity index (χ2n) is 8.35. The summed E-state index contributed by atoms with van der Waals surface area (Å²) in [6.45, 7) is 5.00. The van der Waals surface area contributed by atoms with E-state index in [0.717, 1.165) is 55.5 Å². The van der Waals surface area contributed by atoms with Crippen LogP contribution in [0, 0.1) is 0 Å². The predicted octanol–water partition coefficient (Wildman–Crippen LogP) is 2.46. The first kappa shape index (κ1) is 23.6. The van der Waals surface area contributed by atoms with E-state index >= 15 is 0 Å². The summed E-state index contributed by atoms with van der Waals surface area (Å²) in [5.41, 5.74) is 9.86. The highest BCUT2D eigenvalue weighted by molar-refractivity contribution is 5.95. The average Bonchev–Trinajstić information content (AvgIpc) is 3.26. The Hall–Kier alpha value is -3.56. The second kappa shape index (κ2) is 11.0. The standard InChI is InChI=1S/C25H32N6O3/c1-29(21-6-3-19(26)4-7-21)18-25(32)28-20-5-8-24(22(17-20)23-9-10-27-30(23)2)34-16-13-31-11-14-33-15-12-31/h3-10,17H,11-16,18,26H2,1-2H3,(H,28,32). The lowest BCUT2D eigenvalue weighted by Crippen LogP contribution is -2.38. The number of hydrogen-bond acceptors (Lipinski definition) is 7. The molecule has 1 amide bonds. The van der Waals surface area contributed by atoms with Crippen LogP contribution in [-0.2, 0) is 16.6 Å². The van der Waals surface area contributed by atoms with Gasteiger partial charge in [0.15, 0.2) is 0 Å². The molecule has 9 heteroatoms. The van der Waals surface area contributed by atoms with Gasteiger partial charge in [-0.25, -0.2) is 0 Å². The molecule has 3 N–H and O–H groups in total. The zero-order valence-electron chi connectivity index (χ0n) is 19.7. The summed E-state index contributed by atoms with van der Waals surface area (Å²) in [5.74, 6) is 0.644. The van der Waals surface area contributed by atoms with Crippen molar-refractivity contribution < 1.29 is 14.3 Å². The number of likely N-dealkylation sites (N-methyl/N-ethyl adjacent to an activating group) is 1. The van der Waals surface area contributed by atoms with Crippen molar-refractivity contribution in [2.75, 3.05) is 69.0 Å². The van der Waals surface area contributed by atoms with Crippen molar-refractivity contribution in [1.82, 2.24) is 14.7 Å². The molecule has 9 nitrogen and oxygen atoms in total. The second-order valence-corrected chi connectivity index (χ2v) is 8.35. The Morgan fingerprint density at radius 1 is 1.18 bits per heavy atom. The number of anilines is 3. The van der Waals surface area contributed by atoms with Crippen LogP contribution in [0.1, 0.15) is 0 Å². The molecule has 0 spiro atoms. The van der Waals surface area contributed by atoms with Crippen LogP contribution in [0.15, 0.2) is 54.7 Å². The van der Waals surface area contributed by atoms with E-state index < -0.39 is 0 Å².